The summed E-state index contributed by atoms with van der Waals surface area (Å²) in [7, 11) is 0. The molecule has 0 atom stereocenters. The molecule has 0 spiro atoms. The van der Waals surface area contributed by atoms with Crippen LogP contribution in [0.4, 0.5) is 9.59 Å². The fraction of sp³-hybridized carbons (Fsp3) is 0.714. The van der Waals surface area contributed by atoms with Crippen LogP contribution in [0.1, 0.15) is 13.3 Å². The number of rotatable bonds is 5. The number of ether oxygens (including phenoxy) is 1. The van der Waals surface area contributed by atoms with Crippen LogP contribution in [0, 0.1) is 0 Å². The van der Waals surface area contributed by atoms with Gasteiger partial charge in [-0.05, 0) is 13.3 Å². The Labute approximate surface area is 76.3 Å². The first-order valence-electron chi connectivity index (χ1n) is 4.04. The van der Waals surface area contributed by atoms with Crippen molar-refractivity contribution in [2.24, 2.45) is 0 Å². The number of nitrogens with one attached hydrogen (secondary N) is 2. The Morgan fingerprint density at radius 2 is 1.92 bits per heavy atom. The average Bonchev–Trinajstić information content (AvgIpc) is 2.03. The van der Waals surface area contributed by atoms with Crippen LogP contribution in [0.5, 0.6) is 0 Å². The highest BCUT2D eigenvalue weighted by atomic mass is 16.5. The maximum absolute atomic E-state index is 10.7. The van der Waals surface area contributed by atoms with Crippen LogP contribution in [0.3, 0.4) is 0 Å². The number of amides is 2. The predicted octanol–water partition coefficient (Wildman–Crippen LogP) is 0.390. The van der Waals surface area contributed by atoms with Gasteiger partial charge >= 0.3 is 12.2 Å². The summed E-state index contributed by atoms with van der Waals surface area (Å²) in [6.45, 7) is 2.77. The van der Waals surface area contributed by atoms with Crippen molar-refractivity contribution in [2.45, 2.75) is 13.3 Å². The molecule has 6 nitrogen and oxygen atoms in total. The molecule has 0 aliphatic carbocycles. The second-order valence-electron chi connectivity index (χ2n) is 2.23. The Balaban J connectivity index is 3.16. The molecular formula is C7H14N2O4. The molecule has 2 amide bonds. The van der Waals surface area contributed by atoms with Gasteiger partial charge in [0, 0.05) is 13.1 Å². The molecule has 0 bridgehead atoms. The third-order valence-electron chi connectivity index (χ3n) is 1.17. The van der Waals surface area contributed by atoms with E-state index in [1.165, 1.54) is 0 Å². The number of hydrogen-bond donors (Lipinski definition) is 3. The summed E-state index contributed by atoms with van der Waals surface area (Å²) < 4.78 is 4.58. The first-order chi connectivity index (χ1) is 6.16. The number of carbonyl (C=O) groups excluding carboxylic acids is 1. The highest BCUT2D eigenvalue weighted by molar-refractivity contribution is 5.67. The summed E-state index contributed by atoms with van der Waals surface area (Å²) in [6, 6.07) is 0. The van der Waals surface area contributed by atoms with E-state index in [2.05, 4.69) is 15.4 Å². The van der Waals surface area contributed by atoms with Crippen molar-refractivity contribution in [1.82, 2.24) is 10.6 Å². The molecule has 0 aliphatic heterocycles. The standard InChI is InChI=1S/C7H14N2O4/c1-2-13-7(12)9-5-3-4-8-6(10)11/h8H,2-5H2,1H3,(H,9,12)(H,10,11). The zero-order chi connectivity index (χ0) is 10.1. The van der Waals surface area contributed by atoms with Crippen molar-refractivity contribution in [3.05, 3.63) is 0 Å². The normalized spacial score (nSPS) is 9.00. The van der Waals surface area contributed by atoms with Gasteiger partial charge in [-0.2, -0.15) is 0 Å². The molecule has 0 aromatic carbocycles. The van der Waals surface area contributed by atoms with Gasteiger partial charge in [0.05, 0.1) is 6.61 Å². The smallest absolute Gasteiger partial charge is 0.407 e. The molecule has 0 heterocycles. The van der Waals surface area contributed by atoms with Gasteiger partial charge in [-0.1, -0.05) is 0 Å². The first kappa shape index (κ1) is 11.5. The third kappa shape index (κ3) is 8.45. The molecule has 0 fully saturated rings. The van der Waals surface area contributed by atoms with Crippen LogP contribution >= 0.6 is 0 Å². The van der Waals surface area contributed by atoms with Gasteiger partial charge in [-0.3, -0.25) is 0 Å². The van der Waals surface area contributed by atoms with Crippen LogP contribution in [0.25, 0.3) is 0 Å². The second-order valence-corrected chi connectivity index (χ2v) is 2.23. The Kier molecular flexibility index (Phi) is 6.39. The second kappa shape index (κ2) is 7.20. The Morgan fingerprint density at radius 3 is 2.46 bits per heavy atom. The monoisotopic (exact) mass is 190 g/mol. The zero-order valence-corrected chi connectivity index (χ0v) is 7.50. The van der Waals surface area contributed by atoms with Crippen molar-refractivity contribution in [3.8, 4) is 0 Å². The molecule has 76 valence electrons. The molecule has 0 unspecified atom stereocenters. The van der Waals surface area contributed by atoms with Crippen molar-refractivity contribution in [2.75, 3.05) is 19.7 Å². The summed E-state index contributed by atoms with van der Waals surface area (Å²) in [5, 5.41) is 12.8. The van der Waals surface area contributed by atoms with E-state index in [0.717, 1.165) is 0 Å². The van der Waals surface area contributed by atoms with Crippen molar-refractivity contribution in [3.63, 3.8) is 0 Å². The largest absolute Gasteiger partial charge is 0.465 e. The molecule has 0 saturated heterocycles. The van der Waals surface area contributed by atoms with Crippen LogP contribution in [0.15, 0.2) is 0 Å². The molecular weight excluding hydrogens is 176 g/mol. The molecule has 6 heteroatoms. The number of alkyl carbamates (subject to hydrolysis) is 1. The number of hydrogen-bond acceptors (Lipinski definition) is 3. The van der Waals surface area contributed by atoms with Gasteiger partial charge in [-0.25, -0.2) is 9.59 Å². The molecule has 13 heavy (non-hydrogen) atoms. The Morgan fingerprint density at radius 1 is 1.31 bits per heavy atom. The lowest BCUT2D eigenvalue weighted by molar-refractivity contribution is 0.152. The van der Waals surface area contributed by atoms with E-state index in [4.69, 9.17) is 5.11 Å². The van der Waals surface area contributed by atoms with Crippen LogP contribution in [-0.2, 0) is 4.74 Å². The van der Waals surface area contributed by atoms with E-state index in [-0.39, 0.29) is 0 Å². The highest BCUT2D eigenvalue weighted by Gasteiger charge is 1.98. The van der Waals surface area contributed by atoms with Crippen molar-refractivity contribution < 1.29 is 19.4 Å². The third-order valence-corrected chi connectivity index (χ3v) is 1.17. The summed E-state index contributed by atoms with van der Waals surface area (Å²) in [5.41, 5.74) is 0. The lowest BCUT2D eigenvalue weighted by atomic mass is 10.4. The van der Waals surface area contributed by atoms with E-state index in [0.29, 0.717) is 26.1 Å². The van der Waals surface area contributed by atoms with E-state index in [1.807, 2.05) is 0 Å². The maximum atomic E-state index is 10.7. The van der Waals surface area contributed by atoms with E-state index >= 15 is 0 Å². The van der Waals surface area contributed by atoms with Crippen LogP contribution in [0.2, 0.25) is 0 Å². The predicted molar refractivity (Wildman–Crippen MR) is 45.7 cm³/mol. The molecule has 3 N–H and O–H groups in total. The fourth-order valence-electron chi connectivity index (χ4n) is 0.656. The lowest BCUT2D eigenvalue weighted by Gasteiger charge is -2.04. The van der Waals surface area contributed by atoms with Gasteiger partial charge in [0.1, 0.15) is 0 Å². The topological polar surface area (TPSA) is 87.7 Å². The molecule has 0 saturated carbocycles. The summed E-state index contributed by atoms with van der Waals surface area (Å²) in [5.74, 6) is 0. The molecule has 0 radical (unpaired) electrons. The molecule has 0 rings (SSSR count). The zero-order valence-electron chi connectivity index (χ0n) is 7.50. The van der Waals surface area contributed by atoms with Crippen LogP contribution in [-0.4, -0.2) is 37.0 Å². The van der Waals surface area contributed by atoms with Crippen LogP contribution < -0.4 is 10.6 Å². The molecule has 0 aromatic heterocycles. The quantitative estimate of drug-likeness (QED) is 0.547. The minimum absolute atomic E-state index is 0.321. The number of carboxylic acid groups (broad SMARTS) is 1. The van der Waals surface area contributed by atoms with Crippen molar-refractivity contribution >= 4 is 12.2 Å². The minimum Gasteiger partial charge on any atom is -0.465 e. The van der Waals surface area contributed by atoms with E-state index < -0.39 is 12.2 Å². The van der Waals surface area contributed by atoms with Gasteiger partial charge in [-0.15, -0.1) is 0 Å². The highest BCUT2D eigenvalue weighted by Crippen LogP contribution is 1.78. The lowest BCUT2D eigenvalue weighted by Crippen LogP contribution is -2.29. The number of carbonyl (C=O) groups is 2. The maximum Gasteiger partial charge on any atom is 0.407 e. The molecule has 0 aromatic rings. The summed E-state index contributed by atoms with van der Waals surface area (Å²) in [6.07, 6.45) is -0.987. The Bertz CT molecular complexity index is 172. The minimum atomic E-state index is -1.06. The summed E-state index contributed by atoms with van der Waals surface area (Å²) >= 11 is 0. The van der Waals surface area contributed by atoms with Crippen molar-refractivity contribution in [1.29, 1.82) is 0 Å². The van der Waals surface area contributed by atoms with E-state index in [1.54, 1.807) is 6.92 Å². The van der Waals surface area contributed by atoms with Gasteiger partial charge < -0.3 is 20.5 Å². The molecule has 0 aliphatic rings. The fourth-order valence-corrected chi connectivity index (χ4v) is 0.656. The first-order valence-corrected chi connectivity index (χ1v) is 4.04. The van der Waals surface area contributed by atoms with Gasteiger partial charge in [0.25, 0.3) is 0 Å². The average molecular weight is 190 g/mol. The summed E-state index contributed by atoms with van der Waals surface area (Å²) in [4.78, 5) is 20.6. The van der Waals surface area contributed by atoms with Gasteiger partial charge in [0.2, 0.25) is 0 Å². The van der Waals surface area contributed by atoms with Gasteiger partial charge in [0.15, 0.2) is 0 Å². The Hall–Kier alpha value is -1.46. The SMILES string of the molecule is CCOC(=O)NCCCNC(=O)O. The van der Waals surface area contributed by atoms with E-state index in [9.17, 15) is 9.59 Å².